The fraction of sp³-hybridized carbons (Fsp3) is 0.962. The number of fused-ring (bicyclic) bond motifs is 5. The Labute approximate surface area is 183 Å². The van der Waals surface area contributed by atoms with Gasteiger partial charge in [0.2, 0.25) is 0 Å². The summed E-state index contributed by atoms with van der Waals surface area (Å²) in [4.78, 5) is 11.9. The number of rotatable bonds is 5. The van der Waals surface area contributed by atoms with Crippen molar-refractivity contribution in [3.8, 4) is 0 Å². The molecule has 4 fully saturated rings. The van der Waals surface area contributed by atoms with Crippen LogP contribution in [0.1, 0.15) is 91.9 Å². The highest BCUT2D eigenvalue weighted by atomic mass is 16.5. The van der Waals surface area contributed by atoms with Crippen molar-refractivity contribution in [1.82, 2.24) is 0 Å². The molecule has 4 aliphatic rings. The number of aliphatic hydroxyl groups excluding tert-OH is 2. The van der Waals surface area contributed by atoms with Crippen molar-refractivity contribution in [1.29, 1.82) is 0 Å². The van der Waals surface area contributed by atoms with Crippen molar-refractivity contribution < 1.29 is 19.7 Å². The van der Waals surface area contributed by atoms with Crippen LogP contribution >= 0.6 is 0 Å². The smallest absolute Gasteiger partial charge is 0.305 e. The number of hydrogen-bond acceptors (Lipinski definition) is 4. The number of aliphatic hydroxyl groups is 2. The minimum Gasteiger partial charge on any atom is -0.466 e. The Hall–Kier alpha value is -0.610. The molecule has 2 N–H and O–H groups in total. The molecule has 0 radical (unpaired) electrons. The molecule has 4 rings (SSSR count). The van der Waals surface area contributed by atoms with E-state index in [1.807, 2.05) is 6.92 Å². The number of esters is 1. The maximum Gasteiger partial charge on any atom is 0.305 e. The third kappa shape index (κ3) is 3.54. The van der Waals surface area contributed by atoms with Gasteiger partial charge in [-0.3, -0.25) is 4.79 Å². The van der Waals surface area contributed by atoms with Crippen molar-refractivity contribution in [3.63, 3.8) is 0 Å². The van der Waals surface area contributed by atoms with E-state index in [1.165, 1.54) is 25.7 Å². The van der Waals surface area contributed by atoms with E-state index < -0.39 is 0 Å². The summed E-state index contributed by atoms with van der Waals surface area (Å²) in [6.07, 6.45) is 9.88. The minimum absolute atomic E-state index is 0.0212. The van der Waals surface area contributed by atoms with Gasteiger partial charge in [0.15, 0.2) is 0 Å². The van der Waals surface area contributed by atoms with E-state index in [4.69, 9.17) is 4.74 Å². The van der Waals surface area contributed by atoms with Gasteiger partial charge >= 0.3 is 5.97 Å². The van der Waals surface area contributed by atoms with E-state index in [1.54, 1.807) is 0 Å². The maximum absolute atomic E-state index is 11.9. The topological polar surface area (TPSA) is 66.8 Å². The molecule has 0 aromatic heterocycles. The summed E-state index contributed by atoms with van der Waals surface area (Å²) in [6, 6.07) is 0. The molecule has 4 heteroatoms. The van der Waals surface area contributed by atoms with Crippen LogP contribution in [0.2, 0.25) is 0 Å². The molecule has 0 bridgehead atoms. The van der Waals surface area contributed by atoms with Gasteiger partial charge < -0.3 is 14.9 Å². The second-order valence-corrected chi connectivity index (χ2v) is 11.7. The molecular formula is C26H44O4. The minimum atomic E-state index is -0.247. The lowest BCUT2D eigenvalue weighted by molar-refractivity contribution is -0.175. The number of carbonyl (C=O) groups is 1. The summed E-state index contributed by atoms with van der Waals surface area (Å²) in [6.45, 7) is 9.45. The van der Waals surface area contributed by atoms with Crippen LogP contribution in [0.5, 0.6) is 0 Å². The fourth-order valence-corrected chi connectivity index (χ4v) is 8.94. The normalized spacial score (nSPS) is 48.9. The SMILES string of the molecule is CCOC(=O)CC[C@@H](C)[C@H]1CC[C@H]2[C@@H]3CC[C@H]4C[C@H](O)CC[C@]4(C)[C@H]3C[C@H](O)[C@]12C. The van der Waals surface area contributed by atoms with Crippen molar-refractivity contribution in [2.24, 2.45) is 46.3 Å². The summed E-state index contributed by atoms with van der Waals surface area (Å²) in [5.74, 6) is 3.39. The van der Waals surface area contributed by atoms with Gasteiger partial charge in [-0.2, -0.15) is 0 Å². The molecule has 0 spiro atoms. The van der Waals surface area contributed by atoms with Crippen molar-refractivity contribution in [2.45, 2.75) is 104 Å². The molecular weight excluding hydrogens is 376 g/mol. The van der Waals surface area contributed by atoms with Crippen molar-refractivity contribution in [2.75, 3.05) is 6.61 Å². The first kappa shape index (κ1) is 22.6. The lowest BCUT2D eigenvalue weighted by atomic mass is 9.43. The van der Waals surface area contributed by atoms with Crippen LogP contribution in [0.4, 0.5) is 0 Å². The quantitative estimate of drug-likeness (QED) is 0.617. The molecule has 0 heterocycles. The van der Waals surface area contributed by atoms with E-state index >= 15 is 0 Å². The Morgan fingerprint density at radius 2 is 1.83 bits per heavy atom. The lowest BCUT2D eigenvalue weighted by Crippen LogP contribution is -2.58. The molecule has 4 saturated carbocycles. The second kappa shape index (κ2) is 8.39. The zero-order valence-corrected chi connectivity index (χ0v) is 19.6. The summed E-state index contributed by atoms with van der Waals surface area (Å²) in [5.41, 5.74) is 0.269. The molecule has 0 aromatic carbocycles. The highest BCUT2D eigenvalue weighted by Crippen LogP contribution is 2.68. The average molecular weight is 421 g/mol. The van der Waals surface area contributed by atoms with Crippen LogP contribution in [-0.2, 0) is 9.53 Å². The van der Waals surface area contributed by atoms with Gasteiger partial charge in [0.25, 0.3) is 0 Å². The highest BCUT2D eigenvalue weighted by molar-refractivity contribution is 5.69. The molecule has 10 atom stereocenters. The van der Waals surface area contributed by atoms with Gasteiger partial charge in [0.1, 0.15) is 0 Å². The molecule has 0 amide bonds. The van der Waals surface area contributed by atoms with E-state index in [0.29, 0.717) is 42.6 Å². The van der Waals surface area contributed by atoms with Gasteiger partial charge in [0.05, 0.1) is 18.8 Å². The lowest BCUT2D eigenvalue weighted by Gasteiger charge is -2.62. The van der Waals surface area contributed by atoms with E-state index in [2.05, 4.69) is 20.8 Å². The Kier molecular flexibility index (Phi) is 6.31. The van der Waals surface area contributed by atoms with Crippen molar-refractivity contribution >= 4 is 5.97 Å². The van der Waals surface area contributed by atoms with E-state index in [-0.39, 0.29) is 29.0 Å². The molecule has 4 aliphatic carbocycles. The summed E-state index contributed by atoms with van der Waals surface area (Å²) in [7, 11) is 0. The third-order valence-electron chi connectivity index (χ3n) is 10.6. The summed E-state index contributed by atoms with van der Waals surface area (Å²) < 4.78 is 5.14. The zero-order chi connectivity index (χ0) is 21.7. The Balaban J connectivity index is 1.50. The summed E-state index contributed by atoms with van der Waals surface area (Å²) >= 11 is 0. The standard InChI is InChI=1S/C26H44O4/c1-5-30-24(29)11-6-16(2)20-9-10-21-19-8-7-17-14-18(27)12-13-25(17,3)22(19)15-23(28)26(20,21)4/h16-23,27-28H,5-15H2,1-4H3/t16-,17+,18-,19+,20-,21+,22+,23+,25+,26-/m1/s1. The first-order valence-corrected chi connectivity index (χ1v) is 12.7. The molecule has 4 nitrogen and oxygen atoms in total. The number of hydrogen-bond donors (Lipinski definition) is 2. The maximum atomic E-state index is 11.9. The Morgan fingerprint density at radius 3 is 2.57 bits per heavy atom. The van der Waals surface area contributed by atoms with Crippen LogP contribution in [0.25, 0.3) is 0 Å². The molecule has 0 aliphatic heterocycles. The predicted octanol–water partition coefficient (Wildman–Crippen LogP) is 4.96. The molecule has 0 saturated heterocycles. The second-order valence-electron chi connectivity index (χ2n) is 11.7. The Morgan fingerprint density at radius 1 is 1.07 bits per heavy atom. The Bertz CT molecular complexity index is 635. The monoisotopic (exact) mass is 420 g/mol. The molecule has 0 aromatic rings. The fourth-order valence-electron chi connectivity index (χ4n) is 8.94. The van der Waals surface area contributed by atoms with Crippen LogP contribution in [-0.4, -0.2) is 35.0 Å². The average Bonchev–Trinajstić information content (AvgIpc) is 3.07. The predicted molar refractivity (Wildman–Crippen MR) is 118 cm³/mol. The largest absolute Gasteiger partial charge is 0.466 e. The molecule has 30 heavy (non-hydrogen) atoms. The number of ether oxygens (including phenoxy) is 1. The third-order valence-corrected chi connectivity index (χ3v) is 10.6. The number of carbonyl (C=O) groups excluding carboxylic acids is 1. The van der Waals surface area contributed by atoms with Crippen LogP contribution in [0.3, 0.4) is 0 Å². The van der Waals surface area contributed by atoms with Crippen molar-refractivity contribution in [3.05, 3.63) is 0 Å². The van der Waals surface area contributed by atoms with Crippen LogP contribution < -0.4 is 0 Å². The van der Waals surface area contributed by atoms with Gasteiger partial charge in [0, 0.05) is 6.42 Å². The van der Waals surface area contributed by atoms with Crippen LogP contribution in [0, 0.1) is 46.3 Å². The summed E-state index contributed by atoms with van der Waals surface area (Å²) in [5, 5.41) is 21.8. The van der Waals surface area contributed by atoms with Gasteiger partial charge in [-0.1, -0.05) is 20.8 Å². The van der Waals surface area contributed by atoms with E-state index in [9.17, 15) is 15.0 Å². The first-order chi connectivity index (χ1) is 14.2. The van der Waals surface area contributed by atoms with Gasteiger partial charge in [-0.15, -0.1) is 0 Å². The first-order valence-electron chi connectivity index (χ1n) is 12.7. The van der Waals surface area contributed by atoms with Gasteiger partial charge in [-0.25, -0.2) is 0 Å². The molecule has 0 unspecified atom stereocenters. The van der Waals surface area contributed by atoms with E-state index in [0.717, 1.165) is 38.0 Å². The molecule has 172 valence electrons. The van der Waals surface area contributed by atoms with Crippen LogP contribution in [0.15, 0.2) is 0 Å². The van der Waals surface area contributed by atoms with Gasteiger partial charge in [-0.05, 0) is 111 Å². The highest BCUT2D eigenvalue weighted by Gasteiger charge is 2.63. The zero-order valence-electron chi connectivity index (χ0n) is 19.6.